The maximum absolute atomic E-state index is 12.1. The van der Waals surface area contributed by atoms with Gasteiger partial charge < -0.3 is 25.8 Å². The van der Waals surface area contributed by atoms with Crippen molar-refractivity contribution in [1.82, 2.24) is 10.6 Å². The van der Waals surface area contributed by atoms with E-state index in [0.29, 0.717) is 32.8 Å². The lowest BCUT2D eigenvalue weighted by Crippen LogP contribution is -2.34. The summed E-state index contributed by atoms with van der Waals surface area (Å²) in [6.07, 6.45) is 14.7. The number of carbonyl (C=O) groups excluding carboxylic acids is 1. The SMILES string of the molecule is CC1(C)C2=CC(NCCCC(=O)NCCOCCOCCCCCCCl)C=CC2=Cc2ccc(N)cc21. The number of carbonyl (C=O) groups is 1. The minimum Gasteiger partial charge on any atom is -0.399 e. The van der Waals surface area contributed by atoms with Gasteiger partial charge in [0.1, 0.15) is 0 Å². The fourth-order valence-electron chi connectivity index (χ4n) is 4.85. The average Bonchev–Trinajstić information content (AvgIpc) is 2.88. The lowest BCUT2D eigenvalue weighted by Gasteiger charge is -2.37. The number of nitrogens with two attached hydrogens (primary N) is 1. The van der Waals surface area contributed by atoms with Gasteiger partial charge >= 0.3 is 0 Å². The zero-order valence-corrected chi connectivity index (χ0v) is 23.2. The van der Waals surface area contributed by atoms with E-state index >= 15 is 0 Å². The van der Waals surface area contributed by atoms with Crippen LogP contribution in [0.15, 0.2) is 47.6 Å². The van der Waals surface area contributed by atoms with E-state index < -0.39 is 0 Å². The second-order valence-electron chi connectivity index (χ2n) is 10.3. The molecule has 6 nitrogen and oxygen atoms in total. The third-order valence-corrected chi connectivity index (χ3v) is 7.22. The van der Waals surface area contributed by atoms with Crippen molar-refractivity contribution in [2.75, 3.05) is 51.1 Å². The van der Waals surface area contributed by atoms with Crippen LogP contribution in [0, 0.1) is 0 Å². The normalized spacial score (nSPS) is 17.5. The van der Waals surface area contributed by atoms with E-state index in [4.69, 9.17) is 26.8 Å². The number of allylic oxidation sites excluding steroid dienone is 3. The van der Waals surface area contributed by atoms with Crippen LogP contribution in [0.2, 0.25) is 0 Å². The highest BCUT2D eigenvalue weighted by molar-refractivity contribution is 6.17. The average molecular weight is 530 g/mol. The first-order chi connectivity index (χ1) is 17.9. The van der Waals surface area contributed by atoms with E-state index in [-0.39, 0.29) is 17.4 Å². The molecule has 0 aliphatic heterocycles. The molecule has 1 aromatic rings. The summed E-state index contributed by atoms with van der Waals surface area (Å²) in [6, 6.07) is 6.31. The summed E-state index contributed by atoms with van der Waals surface area (Å²) in [5.41, 5.74) is 11.8. The van der Waals surface area contributed by atoms with Crippen molar-refractivity contribution in [3.63, 3.8) is 0 Å². The monoisotopic (exact) mass is 529 g/mol. The molecule has 0 bridgehead atoms. The fourth-order valence-corrected chi connectivity index (χ4v) is 5.04. The van der Waals surface area contributed by atoms with Crippen molar-refractivity contribution in [3.05, 3.63) is 58.7 Å². The van der Waals surface area contributed by atoms with E-state index in [9.17, 15) is 4.79 Å². The Labute approximate surface area is 227 Å². The molecule has 1 atom stereocenters. The van der Waals surface area contributed by atoms with Gasteiger partial charge in [0.05, 0.1) is 19.8 Å². The first-order valence-corrected chi connectivity index (χ1v) is 14.2. The molecule has 0 heterocycles. The zero-order chi connectivity index (χ0) is 26.5. The first kappa shape index (κ1) is 29.4. The van der Waals surface area contributed by atoms with Crippen LogP contribution in [0.5, 0.6) is 0 Å². The number of nitrogen functional groups attached to an aromatic ring is 1. The molecule has 1 unspecified atom stereocenters. The smallest absolute Gasteiger partial charge is 0.220 e. The second kappa shape index (κ2) is 15.3. The molecule has 0 radical (unpaired) electrons. The minimum absolute atomic E-state index is 0.0592. The van der Waals surface area contributed by atoms with Crippen LogP contribution in [-0.4, -0.2) is 57.3 Å². The summed E-state index contributed by atoms with van der Waals surface area (Å²) >= 11 is 5.66. The van der Waals surface area contributed by atoms with Crippen molar-refractivity contribution in [2.24, 2.45) is 0 Å². The van der Waals surface area contributed by atoms with Gasteiger partial charge in [0.25, 0.3) is 0 Å². The molecule has 1 aromatic carbocycles. The van der Waals surface area contributed by atoms with Gasteiger partial charge in [-0.15, -0.1) is 11.6 Å². The molecule has 0 saturated carbocycles. The summed E-state index contributed by atoms with van der Waals surface area (Å²) in [6.45, 7) is 8.23. The summed E-state index contributed by atoms with van der Waals surface area (Å²) in [4.78, 5) is 12.1. The van der Waals surface area contributed by atoms with Crippen LogP contribution in [0.4, 0.5) is 5.69 Å². The van der Waals surface area contributed by atoms with Gasteiger partial charge in [0.2, 0.25) is 5.91 Å². The summed E-state index contributed by atoms with van der Waals surface area (Å²) < 4.78 is 11.1. The Morgan fingerprint density at radius 3 is 2.62 bits per heavy atom. The Balaban J connectivity index is 1.25. The Morgan fingerprint density at radius 2 is 1.81 bits per heavy atom. The van der Waals surface area contributed by atoms with Crippen LogP contribution in [0.3, 0.4) is 0 Å². The van der Waals surface area contributed by atoms with E-state index in [2.05, 4.69) is 60.9 Å². The summed E-state index contributed by atoms with van der Waals surface area (Å²) in [5, 5.41) is 6.49. The molecule has 4 N–H and O–H groups in total. The van der Waals surface area contributed by atoms with Crippen LogP contribution in [0.25, 0.3) is 6.08 Å². The molecular weight excluding hydrogens is 486 g/mol. The lowest BCUT2D eigenvalue weighted by atomic mass is 9.67. The van der Waals surface area contributed by atoms with Crippen molar-refractivity contribution < 1.29 is 14.3 Å². The van der Waals surface area contributed by atoms with Crippen molar-refractivity contribution in [2.45, 2.75) is 63.8 Å². The van der Waals surface area contributed by atoms with Gasteiger partial charge in [0.15, 0.2) is 0 Å². The van der Waals surface area contributed by atoms with E-state index in [1.54, 1.807) is 0 Å². The van der Waals surface area contributed by atoms with Gasteiger partial charge in [-0.2, -0.15) is 0 Å². The number of ether oxygens (including phenoxy) is 2. The molecule has 1 amide bonds. The largest absolute Gasteiger partial charge is 0.399 e. The number of hydrogen-bond donors (Lipinski definition) is 3. The highest BCUT2D eigenvalue weighted by Gasteiger charge is 2.34. The first-order valence-electron chi connectivity index (χ1n) is 13.7. The third kappa shape index (κ3) is 9.29. The quantitative estimate of drug-likeness (QED) is 0.148. The molecular formula is C30H44ClN3O3. The van der Waals surface area contributed by atoms with Crippen molar-refractivity contribution >= 4 is 29.3 Å². The molecule has 2 aliphatic rings. The van der Waals surface area contributed by atoms with Gasteiger partial charge in [-0.3, -0.25) is 4.79 Å². The van der Waals surface area contributed by atoms with Gasteiger partial charge in [-0.25, -0.2) is 0 Å². The number of alkyl halides is 1. The fraction of sp³-hybridized carbons (Fsp3) is 0.567. The molecule has 0 spiro atoms. The van der Waals surface area contributed by atoms with E-state index in [1.807, 2.05) is 6.07 Å². The van der Waals surface area contributed by atoms with Crippen molar-refractivity contribution in [1.29, 1.82) is 0 Å². The minimum atomic E-state index is -0.113. The molecule has 204 valence electrons. The number of anilines is 1. The highest BCUT2D eigenvalue weighted by atomic mass is 35.5. The number of amides is 1. The maximum Gasteiger partial charge on any atom is 0.220 e. The van der Waals surface area contributed by atoms with Gasteiger partial charge in [-0.1, -0.05) is 51.0 Å². The molecule has 37 heavy (non-hydrogen) atoms. The topological polar surface area (TPSA) is 85.6 Å². The van der Waals surface area contributed by atoms with Crippen molar-refractivity contribution in [3.8, 4) is 0 Å². The van der Waals surface area contributed by atoms with E-state index in [1.165, 1.54) is 22.3 Å². The second-order valence-corrected chi connectivity index (χ2v) is 10.7. The Kier molecular flexibility index (Phi) is 12.2. The summed E-state index contributed by atoms with van der Waals surface area (Å²) in [7, 11) is 0. The van der Waals surface area contributed by atoms with Crippen LogP contribution < -0.4 is 16.4 Å². The predicted molar refractivity (Wildman–Crippen MR) is 154 cm³/mol. The van der Waals surface area contributed by atoms with E-state index in [0.717, 1.165) is 56.8 Å². The number of hydrogen-bond acceptors (Lipinski definition) is 5. The number of benzene rings is 1. The molecule has 0 saturated heterocycles. The predicted octanol–water partition coefficient (Wildman–Crippen LogP) is 5.13. The van der Waals surface area contributed by atoms with Crippen LogP contribution in [0.1, 0.15) is 63.5 Å². The maximum atomic E-state index is 12.1. The number of nitrogens with one attached hydrogen (secondary N) is 2. The standard InChI is InChI=1S/C30H44ClN3O3/c1-30(2)27-21-25(32)11-9-23(27)20-24-10-12-26(22-28(24)30)33-14-7-8-29(35)34-15-17-37-19-18-36-16-6-4-3-5-13-31/h9-12,20-22,26,33H,3-8,13-19,32H2,1-2H3,(H,34,35). The number of unbranched alkanes of at least 4 members (excludes halogenated alkanes) is 3. The number of fused-ring (bicyclic) bond motifs is 2. The molecule has 2 aliphatic carbocycles. The zero-order valence-electron chi connectivity index (χ0n) is 22.5. The molecule has 7 heteroatoms. The molecule has 0 fully saturated rings. The lowest BCUT2D eigenvalue weighted by molar-refractivity contribution is -0.121. The molecule has 0 aromatic heterocycles. The Morgan fingerprint density at radius 1 is 1.03 bits per heavy atom. The van der Waals surface area contributed by atoms with Gasteiger partial charge in [0, 0.05) is 42.6 Å². The highest BCUT2D eigenvalue weighted by Crippen LogP contribution is 2.45. The molecule has 3 rings (SSSR count). The van der Waals surface area contributed by atoms with Crippen LogP contribution >= 0.6 is 11.6 Å². The third-order valence-electron chi connectivity index (χ3n) is 6.95. The Bertz CT molecular complexity index is 971. The van der Waals surface area contributed by atoms with Crippen LogP contribution in [-0.2, 0) is 19.7 Å². The number of halogens is 1. The Hall–Kier alpha value is -2.12. The number of rotatable bonds is 17. The summed E-state index contributed by atoms with van der Waals surface area (Å²) in [5.74, 6) is 0.798. The van der Waals surface area contributed by atoms with Gasteiger partial charge in [-0.05, 0) is 66.3 Å².